The normalized spacial score (nSPS) is 11.0. The number of ether oxygens (including phenoxy) is 1. The zero-order chi connectivity index (χ0) is 17.7. The van der Waals surface area contributed by atoms with Crippen LogP contribution >= 0.6 is 15.9 Å². The van der Waals surface area contributed by atoms with Gasteiger partial charge >= 0.3 is 0 Å². The van der Waals surface area contributed by atoms with Gasteiger partial charge in [0.15, 0.2) is 0 Å². The molecule has 0 aromatic heterocycles. The van der Waals surface area contributed by atoms with E-state index in [1.54, 1.807) is 25.3 Å². The molecule has 0 heterocycles. The monoisotopic (exact) mass is 412 g/mol. The molecule has 0 aliphatic rings. The van der Waals surface area contributed by atoms with Crippen LogP contribution in [0.5, 0.6) is 5.75 Å². The van der Waals surface area contributed by atoms with Crippen molar-refractivity contribution < 1.29 is 17.9 Å². The first-order valence-electron chi connectivity index (χ1n) is 6.97. The zero-order valence-corrected chi connectivity index (χ0v) is 15.6. The summed E-state index contributed by atoms with van der Waals surface area (Å²) in [5.74, 6) is 0.361. The number of amides is 1. The Labute approximate surface area is 149 Å². The molecule has 0 bridgehead atoms. The molecule has 6 nitrogen and oxygen atoms in total. The van der Waals surface area contributed by atoms with E-state index in [1.807, 2.05) is 18.2 Å². The first-order valence-corrected chi connectivity index (χ1v) is 9.65. The van der Waals surface area contributed by atoms with E-state index in [2.05, 4.69) is 26.0 Å². The molecule has 0 fully saturated rings. The Hall–Kier alpha value is -2.06. The molecule has 24 heavy (non-hydrogen) atoms. The van der Waals surface area contributed by atoms with Crippen molar-refractivity contribution in [2.75, 3.05) is 18.1 Å². The van der Waals surface area contributed by atoms with Gasteiger partial charge in [-0.3, -0.25) is 9.52 Å². The second-order valence-corrected chi connectivity index (χ2v) is 7.76. The Morgan fingerprint density at radius 3 is 2.62 bits per heavy atom. The number of carbonyl (C=O) groups is 1. The van der Waals surface area contributed by atoms with E-state index in [9.17, 15) is 13.2 Å². The molecule has 128 valence electrons. The van der Waals surface area contributed by atoms with Crippen molar-refractivity contribution in [3.63, 3.8) is 0 Å². The van der Waals surface area contributed by atoms with Crippen LogP contribution in [-0.4, -0.2) is 27.7 Å². The van der Waals surface area contributed by atoms with Gasteiger partial charge in [0.1, 0.15) is 5.75 Å². The largest absolute Gasteiger partial charge is 0.496 e. The molecule has 2 aromatic rings. The van der Waals surface area contributed by atoms with Crippen LogP contribution in [-0.2, 0) is 16.6 Å². The molecule has 2 rings (SSSR count). The summed E-state index contributed by atoms with van der Waals surface area (Å²) in [7, 11) is -1.83. The summed E-state index contributed by atoms with van der Waals surface area (Å²) in [6.07, 6.45) is 1.05. The number of rotatable bonds is 6. The van der Waals surface area contributed by atoms with Crippen molar-refractivity contribution >= 4 is 37.5 Å². The van der Waals surface area contributed by atoms with Gasteiger partial charge in [0.25, 0.3) is 5.91 Å². The maximum Gasteiger partial charge on any atom is 0.251 e. The van der Waals surface area contributed by atoms with E-state index in [-0.39, 0.29) is 12.5 Å². The molecule has 1 amide bonds. The molecular weight excluding hydrogens is 396 g/mol. The number of sulfonamides is 1. The Balaban J connectivity index is 2.11. The molecule has 2 aromatic carbocycles. The Morgan fingerprint density at radius 2 is 1.96 bits per heavy atom. The molecule has 0 spiro atoms. The average Bonchev–Trinajstić information content (AvgIpc) is 2.51. The van der Waals surface area contributed by atoms with Crippen molar-refractivity contribution in [3.05, 3.63) is 58.1 Å². The number of methoxy groups -OCH3 is 1. The highest BCUT2D eigenvalue weighted by atomic mass is 79.9. The highest BCUT2D eigenvalue weighted by Gasteiger charge is 2.10. The van der Waals surface area contributed by atoms with Crippen LogP contribution in [0.2, 0.25) is 0 Å². The van der Waals surface area contributed by atoms with Gasteiger partial charge in [0, 0.05) is 27.8 Å². The lowest BCUT2D eigenvalue weighted by Gasteiger charge is -2.11. The summed E-state index contributed by atoms with van der Waals surface area (Å²) < 4.78 is 31.0. The molecule has 0 saturated heterocycles. The maximum absolute atomic E-state index is 12.3. The lowest BCUT2D eigenvalue weighted by atomic mass is 10.1. The molecule has 2 N–H and O–H groups in total. The fourth-order valence-corrected chi connectivity index (χ4v) is 3.06. The second kappa shape index (κ2) is 7.67. The van der Waals surface area contributed by atoms with E-state index in [0.29, 0.717) is 17.0 Å². The third-order valence-corrected chi connectivity index (χ3v) is 4.21. The SMILES string of the molecule is COc1ccc(Br)cc1CNC(=O)c1cccc(NS(C)(=O)=O)c1. The van der Waals surface area contributed by atoms with E-state index < -0.39 is 10.0 Å². The zero-order valence-electron chi connectivity index (χ0n) is 13.2. The third-order valence-electron chi connectivity index (χ3n) is 3.11. The number of hydrogen-bond donors (Lipinski definition) is 2. The van der Waals surface area contributed by atoms with E-state index in [0.717, 1.165) is 16.3 Å². The fourth-order valence-electron chi connectivity index (χ4n) is 2.10. The second-order valence-electron chi connectivity index (χ2n) is 5.09. The van der Waals surface area contributed by atoms with Crippen LogP contribution in [0.15, 0.2) is 46.9 Å². The number of anilines is 1. The van der Waals surface area contributed by atoms with Gasteiger partial charge in [0.05, 0.1) is 13.4 Å². The van der Waals surface area contributed by atoms with Gasteiger partial charge in [-0.1, -0.05) is 22.0 Å². The maximum atomic E-state index is 12.3. The molecule has 0 aliphatic carbocycles. The predicted octanol–water partition coefficient (Wildman–Crippen LogP) is 2.76. The number of carbonyl (C=O) groups excluding carboxylic acids is 1. The molecular formula is C16H17BrN2O4S. The minimum atomic E-state index is -3.39. The standard InChI is InChI=1S/C16H17BrN2O4S/c1-23-15-7-6-13(17)8-12(15)10-18-16(20)11-4-3-5-14(9-11)19-24(2,21)22/h3-9,19H,10H2,1-2H3,(H,18,20). The van der Waals surface area contributed by atoms with Gasteiger partial charge in [-0.2, -0.15) is 0 Å². The third kappa shape index (κ3) is 5.24. The van der Waals surface area contributed by atoms with Crippen LogP contribution in [0.1, 0.15) is 15.9 Å². The van der Waals surface area contributed by atoms with Crippen LogP contribution in [0, 0.1) is 0 Å². The predicted molar refractivity (Wildman–Crippen MR) is 96.8 cm³/mol. The Morgan fingerprint density at radius 1 is 1.21 bits per heavy atom. The number of benzene rings is 2. The lowest BCUT2D eigenvalue weighted by Crippen LogP contribution is -2.23. The molecule has 0 atom stereocenters. The first-order chi connectivity index (χ1) is 11.3. The van der Waals surface area contributed by atoms with E-state index >= 15 is 0 Å². The van der Waals surface area contributed by atoms with Crippen molar-refractivity contribution in [1.29, 1.82) is 0 Å². The molecule has 0 saturated carbocycles. The molecule has 8 heteroatoms. The van der Waals surface area contributed by atoms with Gasteiger partial charge in [0.2, 0.25) is 10.0 Å². The number of hydrogen-bond acceptors (Lipinski definition) is 4. The fraction of sp³-hybridized carbons (Fsp3) is 0.188. The summed E-state index contributed by atoms with van der Waals surface area (Å²) in [4.78, 5) is 12.3. The van der Waals surface area contributed by atoms with Gasteiger partial charge in [-0.05, 0) is 36.4 Å². The van der Waals surface area contributed by atoms with Crippen molar-refractivity contribution in [1.82, 2.24) is 5.32 Å². The highest BCUT2D eigenvalue weighted by Crippen LogP contribution is 2.23. The van der Waals surface area contributed by atoms with Crippen molar-refractivity contribution in [2.45, 2.75) is 6.54 Å². The Bertz CT molecular complexity index is 853. The van der Waals surface area contributed by atoms with E-state index in [4.69, 9.17) is 4.74 Å². The van der Waals surface area contributed by atoms with Gasteiger partial charge in [-0.15, -0.1) is 0 Å². The molecule has 0 radical (unpaired) electrons. The average molecular weight is 413 g/mol. The quantitative estimate of drug-likeness (QED) is 0.763. The van der Waals surface area contributed by atoms with Crippen LogP contribution in [0.25, 0.3) is 0 Å². The summed E-state index contributed by atoms with van der Waals surface area (Å²) in [5, 5.41) is 2.79. The van der Waals surface area contributed by atoms with Gasteiger partial charge in [-0.25, -0.2) is 8.42 Å². The van der Waals surface area contributed by atoms with Crippen LogP contribution in [0.3, 0.4) is 0 Å². The number of nitrogens with one attached hydrogen (secondary N) is 2. The summed E-state index contributed by atoms with van der Waals surface area (Å²) in [5.41, 5.74) is 1.52. The van der Waals surface area contributed by atoms with E-state index in [1.165, 1.54) is 6.07 Å². The van der Waals surface area contributed by atoms with Crippen molar-refractivity contribution in [3.8, 4) is 5.75 Å². The van der Waals surface area contributed by atoms with Gasteiger partial charge < -0.3 is 10.1 Å². The van der Waals surface area contributed by atoms with Crippen LogP contribution in [0.4, 0.5) is 5.69 Å². The summed E-state index contributed by atoms with van der Waals surface area (Å²) in [6.45, 7) is 0.283. The summed E-state index contributed by atoms with van der Waals surface area (Å²) in [6, 6.07) is 11.8. The molecule has 0 aliphatic heterocycles. The van der Waals surface area contributed by atoms with Crippen LogP contribution < -0.4 is 14.8 Å². The number of halogens is 1. The highest BCUT2D eigenvalue weighted by molar-refractivity contribution is 9.10. The topological polar surface area (TPSA) is 84.5 Å². The minimum Gasteiger partial charge on any atom is -0.496 e. The minimum absolute atomic E-state index is 0.283. The molecule has 0 unspecified atom stereocenters. The first kappa shape index (κ1) is 18.3. The summed E-state index contributed by atoms with van der Waals surface area (Å²) >= 11 is 3.38. The smallest absolute Gasteiger partial charge is 0.251 e. The van der Waals surface area contributed by atoms with Crippen molar-refractivity contribution in [2.24, 2.45) is 0 Å². The lowest BCUT2D eigenvalue weighted by molar-refractivity contribution is 0.0950. The Kier molecular flexibility index (Phi) is 5.84.